The lowest BCUT2D eigenvalue weighted by molar-refractivity contribution is 0.0724. The smallest absolute Gasteiger partial charge is 0.256 e. The number of hydrogen-bond donors (Lipinski definition) is 3. The molecular formula is C34H37N5O4S. The van der Waals surface area contributed by atoms with Crippen molar-refractivity contribution in [2.75, 3.05) is 50.4 Å². The molecule has 0 radical (unpaired) electrons. The van der Waals surface area contributed by atoms with Crippen LogP contribution in [0.2, 0.25) is 0 Å². The molecule has 10 heteroatoms. The molecule has 1 fully saturated rings. The van der Waals surface area contributed by atoms with Crippen molar-refractivity contribution < 1.29 is 19.1 Å². The molecule has 1 aliphatic rings. The van der Waals surface area contributed by atoms with Crippen LogP contribution < -0.4 is 24.8 Å². The summed E-state index contributed by atoms with van der Waals surface area (Å²) in [4.78, 5) is 32.5. The van der Waals surface area contributed by atoms with Crippen molar-refractivity contribution in [3.8, 4) is 22.8 Å². The molecule has 1 aliphatic heterocycles. The minimum atomic E-state index is -0.236. The first kappa shape index (κ1) is 30.7. The molecule has 3 aromatic carbocycles. The van der Waals surface area contributed by atoms with Gasteiger partial charge >= 0.3 is 0 Å². The number of nitrogens with zero attached hydrogens (tertiary/aromatic N) is 2. The number of likely N-dealkylation sites (tertiary alicyclic amines) is 1. The fourth-order valence-corrected chi connectivity index (χ4v) is 5.85. The zero-order chi connectivity index (χ0) is 30.7. The maximum Gasteiger partial charge on any atom is 0.256 e. The van der Waals surface area contributed by atoms with Gasteiger partial charge in [-0.1, -0.05) is 24.3 Å². The summed E-state index contributed by atoms with van der Waals surface area (Å²) in [6.45, 7) is 2.62. The van der Waals surface area contributed by atoms with Crippen molar-refractivity contribution >= 4 is 35.1 Å². The Labute approximate surface area is 262 Å². The zero-order valence-corrected chi connectivity index (χ0v) is 25.8. The first-order valence-electron chi connectivity index (χ1n) is 14.7. The molecule has 2 amide bonds. The normalized spacial score (nSPS) is 12.7. The van der Waals surface area contributed by atoms with Crippen LogP contribution in [0.25, 0.3) is 11.1 Å². The maximum atomic E-state index is 13.1. The second-order valence-electron chi connectivity index (χ2n) is 10.3. The van der Waals surface area contributed by atoms with Gasteiger partial charge in [0.15, 0.2) is 0 Å². The molecule has 44 heavy (non-hydrogen) atoms. The van der Waals surface area contributed by atoms with Gasteiger partial charge in [0.1, 0.15) is 11.3 Å². The third-order valence-electron chi connectivity index (χ3n) is 7.34. The summed E-state index contributed by atoms with van der Waals surface area (Å²) in [5.74, 6) is 0.913. The Balaban J connectivity index is 1.19. The van der Waals surface area contributed by atoms with Gasteiger partial charge < -0.3 is 29.7 Å². The predicted octanol–water partition coefficient (Wildman–Crippen LogP) is 6.35. The lowest BCUT2D eigenvalue weighted by Crippen LogP contribution is -2.35. The first-order chi connectivity index (χ1) is 21.6. The number of amides is 2. The van der Waals surface area contributed by atoms with Crippen LogP contribution in [0.15, 0.2) is 90.0 Å². The summed E-state index contributed by atoms with van der Waals surface area (Å²) in [7, 11) is 3.15. The molecule has 0 bridgehead atoms. The number of piperidine rings is 1. The highest BCUT2D eigenvalue weighted by Crippen LogP contribution is 2.35. The number of nitrogens with one attached hydrogen (secondary N) is 3. The quantitative estimate of drug-likeness (QED) is 0.126. The molecule has 1 saturated heterocycles. The van der Waals surface area contributed by atoms with E-state index in [-0.39, 0.29) is 11.8 Å². The van der Waals surface area contributed by atoms with Crippen molar-refractivity contribution in [1.29, 1.82) is 0 Å². The molecule has 4 aromatic rings. The van der Waals surface area contributed by atoms with Gasteiger partial charge in [-0.05, 0) is 96.9 Å². The lowest BCUT2D eigenvalue weighted by Gasteiger charge is -2.26. The Kier molecular flexibility index (Phi) is 10.6. The van der Waals surface area contributed by atoms with E-state index in [1.54, 1.807) is 25.4 Å². The van der Waals surface area contributed by atoms with Gasteiger partial charge in [-0.2, -0.15) is 0 Å². The number of carbonyl (C=O) groups is 2. The number of benzene rings is 3. The van der Waals surface area contributed by atoms with E-state index in [4.69, 9.17) is 9.47 Å². The number of hydrogen-bond acceptors (Lipinski definition) is 8. The summed E-state index contributed by atoms with van der Waals surface area (Å²) >= 11 is 1.46. The molecule has 2 heterocycles. The number of anilines is 2. The zero-order valence-electron chi connectivity index (χ0n) is 25.0. The summed E-state index contributed by atoms with van der Waals surface area (Å²) in [5, 5.41) is 6.23. The maximum absolute atomic E-state index is 13.1. The van der Waals surface area contributed by atoms with Crippen LogP contribution in [0.5, 0.6) is 11.6 Å². The summed E-state index contributed by atoms with van der Waals surface area (Å²) in [6, 6.07) is 25.2. The fraction of sp³-hybridized carbons (Fsp3) is 0.265. The number of ether oxygens (including phenoxy) is 2. The average Bonchev–Trinajstić information content (AvgIpc) is 3.09. The number of carbonyl (C=O) groups excluding carboxylic acids is 2. The van der Waals surface area contributed by atoms with E-state index in [1.165, 1.54) is 25.5 Å². The lowest BCUT2D eigenvalue weighted by atomic mass is 10.0. The molecule has 0 aliphatic carbocycles. The first-order valence-corrected chi connectivity index (χ1v) is 15.5. The van der Waals surface area contributed by atoms with Gasteiger partial charge in [0.25, 0.3) is 11.8 Å². The van der Waals surface area contributed by atoms with Crippen molar-refractivity contribution in [3.63, 3.8) is 0 Å². The van der Waals surface area contributed by atoms with Gasteiger partial charge in [0.05, 0.1) is 19.1 Å². The second-order valence-corrected chi connectivity index (χ2v) is 11.2. The van der Waals surface area contributed by atoms with E-state index in [1.807, 2.05) is 65.6 Å². The van der Waals surface area contributed by atoms with Crippen LogP contribution in [-0.2, 0) is 0 Å². The molecule has 0 saturated carbocycles. The Morgan fingerprint density at radius 2 is 1.64 bits per heavy atom. The summed E-state index contributed by atoms with van der Waals surface area (Å²) < 4.78 is 14.2. The van der Waals surface area contributed by atoms with Gasteiger partial charge in [-0.3, -0.25) is 9.59 Å². The van der Waals surface area contributed by atoms with E-state index in [9.17, 15) is 9.59 Å². The topological polar surface area (TPSA) is 105 Å². The highest BCUT2D eigenvalue weighted by atomic mass is 32.2. The van der Waals surface area contributed by atoms with Crippen LogP contribution in [0.1, 0.15) is 40.0 Å². The summed E-state index contributed by atoms with van der Waals surface area (Å²) in [6.07, 6.45) is 4.91. The third kappa shape index (κ3) is 7.82. The SMILES string of the molecule is COc1ccc(-c2cccc(C(=O)N3CCCCC3)c2)cc1SNc1cccc(NCCNC(=O)c2cccnc2OC)c1. The number of aromatic nitrogens is 1. The standard InChI is InChI=1S/C34H37N5O4S/c1-42-30-15-14-25(24-9-6-10-26(21-24)34(41)39-19-4-3-5-20-39)22-31(30)44-38-28-12-7-11-27(23-28)35-17-18-36-32(40)29-13-8-16-37-33(29)43-2/h6-16,21-23,35,38H,3-5,17-20H2,1-2H3,(H,36,40). The molecule has 228 valence electrons. The minimum absolute atomic E-state index is 0.0981. The Morgan fingerprint density at radius 1 is 0.841 bits per heavy atom. The van der Waals surface area contributed by atoms with Crippen LogP contribution in [0.3, 0.4) is 0 Å². The second kappa shape index (κ2) is 15.2. The monoisotopic (exact) mass is 611 g/mol. The van der Waals surface area contributed by atoms with E-state index < -0.39 is 0 Å². The molecule has 3 N–H and O–H groups in total. The van der Waals surface area contributed by atoms with Gasteiger partial charge in [-0.15, -0.1) is 0 Å². The number of pyridine rings is 1. The molecule has 5 rings (SSSR count). The molecular weight excluding hydrogens is 574 g/mol. The predicted molar refractivity (Wildman–Crippen MR) is 176 cm³/mol. The van der Waals surface area contributed by atoms with E-state index in [0.29, 0.717) is 30.1 Å². The molecule has 0 spiro atoms. The fourth-order valence-electron chi connectivity index (χ4n) is 5.06. The van der Waals surface area contributed by atoms with Crippen LogP contribution in [0, 0.1) is 0 Å². The van der Waals surface area contributed by atoms with Gasteiger partial charge in [-0.25, -0.2) is 4.98 Å². The van der Waals surface area contributed by atoms with Crippen LogP contribution >= 0.6 is 11.9 Å². The van der Waals surface area contributed by atoms with E-state index in [2.05, 4.69) is 26.4 Å². The Morgan fingerprint density at radius 3 is 2.45 bits per heavy atom. The Hall–Kier alpha value is -4.70. The molecule has 9 nitrogen and oxygen atoms in total. The van der Waals surface area contributed by atoms with Gasteiger partial charge in [0.2, 0.25) is 5.88 Å². The van der Waals surface area contributed by atoms with Crippen molar-refractivity contribution in [2.45, 2.75) is 24.2 Å². The highest BCUT2D eigenvalue weighted by Gasteiger charge is 2.19. The third-order valence-corrected chi connectivity index (χ3v) is 8.22. The van der Waals surface area contributed by atoms with Crippen molar-refractivity contribution in [3.05, 3.63) is 96.2 Å². The molecule has 0 unspecified atom stereocenters. The Bertz CT molecular complexity index is 1590. The molecule has 0 atom stereocenters. The minimum Gasteiger partial charge on any atom is -0.496 e. The van der Waals surface area contributed by atoms with Gasteiger partial charge in [0, 0.05) is 49.3 Å². The highest BCUT2D eigenvalue weighted by molar-refractivity contribution is 8.00. The number of methoxy groups -OCH3 is 2. The summed E-state index contributed by atoms with van der Waals surface area (Å²) in [5.41, 5.74) is 4.93. The molecule has 1 aromatic heterocycles. The van der Waals surface area contributed by atoms with Crippen LogP contribution in [0.4, 0.5) is 11.4 Å². The van der Waals surface area contributed by atoms with Crippen molar-refractivity contribution in [2.24, 2.45) is 0 Å². The van der Waals surface area contributed by atoms with E-state index >= 15 is 0 Å². The number of rotatable bonds is 12. The van der Waals surface area contributed by atoms with Crippen molar-refractivity contribution in [1.82, 2.24) is 15.2 Å². The largest absolute Gasteiger partial charge is 0.496 e. The van der Waals surface area contributed by atoms with Crippen LogP contribution in [-0.4, -0.2) is 62.1 Å². The average molecular weight is 612 g/mol. The van der Waals surface area contributed by atoms with E-state index in [0.717, 1.165) is 59.1 Å².